The maximum Gasteiger partial charge on any atom is 0.347 e. The van der Waals surface area contributed by atoms with Crippen LogP contribution in [0.5, 0.6) is 0 Å². The minimum Gasteiger partial charge on any atom is -0.477 e. The van der Waals surface area contributed by atoms with Gasteiger partial charge in [-0.2, -0.15) is 0 Å². The van der Waals surface area contributed by atoms with E-state index in [0.29, 0.717) is 18.2 Å². The van der Waals surface area contributed by atoms with Gasteiger partial charge in [-0.3, -0.25) is 4.68 Å². The number of rotatable bonds is 5. The van der Waals surface area contributed by atoms with Crippen molar-refractivity contribution < 1.29 is 9.90 Å². The van der Waals surface area contributed by atoms with Crippen molar-refractivity contribution in [3.63, 3.8) is 0 Å². The summed E-state index contributed by atoms with van der Waals surface area (Å²) >= 11 is 1.11. The van der Waals surface area contributed by atoms with E-state index in [4.69, 9.17) is 5.11 Å². The lowest BCUT2D eigenvalue weighted by Gasteiger charge is -2.01. The number of carboxylic acids is 1. The molecule has 0 fully saturated rings. The second-order valence-electron chi connectivity index (χ2n) is 2.93. The highest BCUT2D eigenvalue weighted by Crippen LogP contribution is 2.17. The Bertz CT molecular complexity index is 466. The fraction of sp³-hybridized carbons (Fsp3) is 0.250. The number of nitrogens with one attached hydrogen (secondary N) is 1. The molecule has 16 heavy (non-hydrogen) atoms. The van der Waals surface area contributed by atoms with Gasteiger partial charge in [-0.1, -0.05) is 16.6 Å². The lowest BCUT2D eigenvalue weighted by Crippen LogP contribution is -2.10. The Kier molecular flexibility index (Phi) is 3.10. The number of thiazole rings is 1. The molecule has 0 bridgehead atoms. The maximum absolute atomic E-state index is 10.6. The molecule has 2 aromatic heterocycles. The molecule has 0 saturated heterocycles. The van der Waals surface area contributed by atoms with Crippen molar-refractivity contribution in [2.75, 3.05) is 11.9 Å². The van der Waals surface area contributed by atoms with Crippen LogP contribution >= 0.6 is 11.3 Å². The van der Waals surface area contributed by atoms with Gasteiger partial charge in [0.1, 0.15) is 4.88 Å². The molecule has 0 aliphatic carbocycles. The molecule has 0 amide bonds. The van der Waals surface area contributed by atoms with Gasteiger partial charge in [-0.05, 0) is 0 Å². The standard InChI is InChI=1S/C8H9N5O2S/c14-7(15)6-5-10-8(16-6)9-1-3-13-4-2-11-12-13/h2,4-5H,1,3H2,(H,9,10)(H,14,15). The number of carboxylic acid groups (broad SMARTS) is 1. The van der Waals surface area contributed by atoms with Crippen molar-refractivity contribution in [1.82, 2.24) is 20.0 Å². The number of hydrogen-bond acceptors (Lipinski definition) is 6. The quantitative estimate of drug-likeness (QED) is 0.791. The topological polar surface area (TPSA) is 92.9 Å². The molecule has 0 radical (unpaired) electrons. The third-order valence-electron chi connectivity index (χ3n) is 1.81. The molecule has 0 aliphatic rings. The zero-order chi connectivity index (χ0) is 11.4. The summed E-state index contributed by atoms with van der Waals surface area (Å²) in [5.41, 5.74) is 0. The summed E-state index contributed by atoms with van der Waals surface area (Å²) in [5, 5.41) is 19.8. The van der Waals surface area contributed by atoms with Crippen LogP contribution in [0.4, 0.5) is 5.13 Å². The van der Waals surface area contributed by atoms with Gasteiger partial charge in [0.25, 0.3) is 0 Å². The van der Waals surface area contributed by atoms with Crippen LogP contribution in [0.2, 0.25) is 0 Å². The van der Waals surface area contributed by atoms with Crippen LogP contribution in [0.25, 0.3) is 0 Å². The first-order valence-corrected chi connectivity index (χ1v) is 5.34. The summed E-state index contributed by atoms with van der Waals surface area (Å²) < 4.78 is 1.68. The van der Waals surface area contributed by atoms with Crippen LogP contribution in [0, 0.1) is 0 Å². The normalized spacial score (nSPS) is 10.2. The Morgan fingerprint density at radius 3 is 3.12 bits per heavy atom. The van der Waals surface area contributed by atoms with Crippen molar-refractivity contribution in [3.05, 3.63) is 23.5 Å². The summed E-state index contributed by atoms with van der Waals surface area (Å²) in [6.07, 6.45) is 4.70. The molecule has 0 atom stereocenters. The van der Waals surface area contributed by atoms with Gasteiger partial charge in [0.05, 0.1) is 18.9 Å². The summed E-state index contributed by atoms with van der Waals surface area (Å²) in [6, 6.07) is 0. The highest BCUT2D eigenvalue weighted by atomic mass is 32.1. The fourth-order valence-corrected chi connectivity index (χ4v) is 1.76. The predicted octanol–water partition coefficient (Wildman–Crippen LogP) is 0.545. The third kappa shape index (κ3) is 2.54. The largest absolute Gasteiger partial charge is 0.477 e. The van der Waals surface area contributed by atoms with Gasteiger partial charge in [-0.15, -0.1) is 5.10 Å². The number of hydrogen-bond donors (Lipinski definition) is 2. The second-order valence-corrected chi connectivity index (χ2v) is 3.96. The lowest BCUT2D eigenvalue weighted by molar-refractivity contribution is 0.0702. The molecule has 8 heteroatoms. The molecule has 84 valence electrons. The molecule has 2 rings (SSSR count). The highest BCUT2D eigenvalue weighted by Gasteiger charge is 2.07. The second kappa shape index (κ2) is 4.71. The number of anilines is 1. The van der Waals surface area contributed by atoms with Crippen LogP contribution in [0.15, 0.2) is 18.6 Å². The van der Waals surface area contributed by atoms with E-state index in [0.717, 1.165) is 11.3 Å². The Morgan fingerprint density at radius 1 is 1.62 bits per heavy atom. The van der Waals surface area contributed by atoms with Crippen molar-refractivity contribution in [2.45, 2.75) is 6.54 Å². The van der Waals surface area contributed by atoms with E-state index in [1.54, 1.807) is 17.1 Å². The van der Waals surface area contributed by atoms with Crippen molar-refractivity contribution in [1.29, 1.82) is 0 Å². The van der Waals surface area contributed by atoms with Gasteiger partial charge in [0.2, 0.25) is 0 Å². The first-order valence-electron chi connectivity index (χ1n) is 4.53. The smallest absolute Gasteiger partial charge is 0.347 e. The minimum absolute atomic E-state index is 0.225. The molecule has 0 aliphatic heterocycles. The molecule has 0 aromatic carbocycles. The molecule has 2 N–H and O–H groups in total. The first kappa shape index (κ1) is 10.6. The van der Waals surface area contributed by atoms with Crippen LogP contribution in [0.3, 0.4) is 0 Å². The van der Waals surface area contributed by atoms with E-state index in [1.165, 1.54) is 6.20 Å². The zero-order valence-electron chi connectivity index (χ0n) is 8.20. The maximum atomic E-state index is 10.6. The number of nitrogens with zero attached hydrogens (tertiary/aromatic N) is 4. The number of aromatic carboxylic acids is 1. The van der Waals surface area contributed by atoms with Crippen molar-refractivity contribution in [3.8, 4) is 0 Å². The third-order valence-corrected chi connectivity index (χ3v) is 2.75. The minimum atomic E-state index is -0.957. The van der Waals surface area contributed by atoms with E-state index in [-0.39, 0.29) is 4.88 Å². The van der Waals surface area contributed by atoms with Crippen LogP contribution in [-0.2, 0) is 6.54 Å². The number of carbonyl (C=O) groups is 1. The molecule has 2 heterocycles. The van der Waals surface area contributed by atoms with Gasteiger partial charge >= 0.3 is 5.97 Å². The molecular formula is C8H9N5O2S. The van der Waals surface area contributed by atoms with Crippen LogP contribution in [0.1, 0.15) is 9.67 Å². The first-order chi connectivity index (χ1) is 7.75. The molecule has 0 saturated carbocycles. The summed E-state index contributed by atoms with van der Waals surface area (Å²) in [5.74, 6) is -0.957. The van der Waals surface area contributed by atoms with Gasteiger partial charge < -0.3 is 10.4 Å². The van der Waals surface area contributed by atoms with E-state index in [9.17, 15) is 4.79 Å². The van der Waals surface area contributed by atoms with Crippen molar-refractivity contribution >= 4 is 22.4 Å². The fourth-order valence-electron chi connectivity index (χ4n) is 1.08. The van der Waals surface area contributed by atoms with E-state index in [1.807, 2.05) is 0 Å². The Balaban J connectivity index is 1.83. The SMILES string of the molecule is O=C(O)c1cnc(NCCn2ccnn2)s1. The molecule has 0 unspecified atom stereocenters. The van der Waals surface area contributed by atoms with E-state index >= 15 is 0 Å². The van der Waals surface area contributed by atoms with Crippen molar-refractivity contribution in [2.24, 2.45) is 0 Å². The average molecular weight is 239 g/mol. The predicted molar refractivity (Wildman–Crippen MR) is 57.6 cm³/mol. The molecule has 7 nitrogen and oxygen atoms in total. The molecule has 2 aromatic rings. The molecule has 0 spiro atoms. The Morgan fingerprint density at radius 2 is 2.50 bits per heavy atom. The average Bonchev–Trinajstić information content (AvgIpc) is 2.87. The van der Waals surface area contributed by atoms with E-state index in [2.05, 4.69) is 20.6 Å². The monoisotopic (exact) mass is 239 g/mol. The highest BCUT2D eigenvalue weighted by molar-refractivity contribution is 7.17. The van der Waals surface area contributed by atoms with Gasteiger partial charge in [-0.25, -0.2) is 9.78 Å². The lowest BCUT2D eigenvalue weighted by atomic mass is 10.6. The van der Waals surface area contributed by atoms with Gasteiger partial charge in [0, 0.05) is 12.7 Å². The molecular weight excluding hydrogens is 230 g/mol. The summed E-state index contributed by atoms with van der Waals surface area (Å²) in [6.45, 7) is 1.28. The van der Waals surface area contributed by atoms with Crippen LogP contribution in [-0.4, -0.2) is 37.6 Å². The van der Waals surface area contributed by atoms with Crippen LogP contribution < -0.4 is 5.32 Å². The summed E-state index contributed by atoms with van der Waals surface area (Å²) in [7, 11) is 0. The Labute approximate surface area is 94.7 Å². The van der Waals surface area contributed by atoms with Gasteiger partial charge in [0.15, 0.2) is 5.13 Å². The Hall–Kier alpha value is -1.96. The van der Waals surface area contributed by atoms with E-state index < -0.39 is 5.97 Å². The summed E-state index contributed by atoms with van der Waals surface area (Å²) in [4.78, 5) is 14.8. The zero-order valence-corrected chi connectivity index (χ0v) is 9.02. The number of aromatic nitrogens is 4.